The predicted octanol–water partition coefficient (Wildman–Crippen LogP) is 2.36. The summed E-state index contributed by atoms with van der Waals surface area (Å²) in [6, 6.07) is 9.54. The fraction of sp³-hybridized carbons (Fsp3) is 0.444. The van der Waals surface area contributed by atoms with Crippen molar-refractivity contribution in [2.45, 2.75) is 38.0 Å². The monoisotopic (exact) mass is 313 g/mol. The molecule has 2 atom stereocenters. The number of hydrogen-bond donors (Lipinski definition) is 1. The number of aromatic nitrogens is 2. The summed E-state index contributed by atoms with van der Waals surface area (Å²) in [7, 11) is 1.64. The van der Waals surface area contributed by atoms with E-state index in [9.17, 15) is 5.11 Å². The Bertz CT molecular complexity index is 628. The number of methoxy groups -OCH3 is 1. The molecule has 1 aromatic heterocycles. The highest BCUT2D eigenvalue weighted by Crippen LogP contribution is 2.35. The Balaban J connectivity index is 1.79. The highest BCUT2D eigenvalue weighted by atomic mass is 16.5. The molecule has 23 heavy (non-hydrogen) atoms. The molecule has 0 bridgehead atoms. The van der Waals surface area contributed by atoms with E-state index in [4.69, 9.17) is 4.74 Å². The van der Waals surface area contributed by atoms with Crippen LogP contribution in [0.25, 0.3) is 0 Å². The molecule has 0 spiro atoms. The third-order valence-corrected chi connectivity index (χ3v) is 4.65. The van der Waals surface area contributed by atoms with Crippen LogP contribution in [0.1, 0.15) is 31.2 Å². The molecule has 0 radical (unpaired) electrons. The first-order valence-electron chi connectivity index (χ1n) is 7.98. The lowest BCUT2D eigenvalue weighted by molar-refractivity contribution is -0.0261. The van der Waals surface area contributed by atoms with E-state index in [-0.39, 0.29) is 6.04 Å². The van der Waals surface area contributed by atoms with Gasteiger partial charge in [0, 0.05) is 18.4 Å². The quantitative estimate of drug-likeness (QED) is 0.918. The first-order chi connectivity index (χ1) is 11.1. The van der Waals surface area contributed by atoms with Crippen LogP contribution in [-0.2, 0) is 12.1 Å². The van der Waals surface area contributed by atoms with Gasteiger partial charge in [0.05, 0.1) is 13.7 Å². The van der Waals surface area contributed by atoms with Crippen molar-refractivity contribution >= 4 is 0 Å². The van der Waals surface area contributed by atoms with Gasteiger partial charge in [-0.2, -0.15) is 0 Å². The zero-order valence-electron chi connectivity index (χ0n) is 13.6. The molecular weight excluding hydrogens is 290 g/mol. The van der Waals surface area contributed by atoms with Gasteiger partial charge in [-0.25, -0.2) is 9.97 Å². The minimum absolute atomic E-state index is 0.0553. The number of ether oxygens (including phenoxy) is 1. The van der Waals surface area contributed by atoms with Crippen LogP contribution < -0.4 is 4.74 Å². The summed E-state index contributed by atoms with van der Waals surface area (Å²) in [5.74, 6) is 1.59. The highest BCUT2D eigenvalue weighted by molar-refractivity contribution is 5.31. The van der Waals surface area contributed by atoms with Crippen LogP contribution in [0.15, 0.2) is 42.7 Å². The van der Waals surface area contributed by atoms with Crippen LogP contribution in [0.4, 0.5) is 0 Å². The van der Waals surface area contributed by atoms with Gasteiger partial charge in [0.2, 0.25) is 0 Å². The van der Waals surface area contributed by atoms with Crippen molar-refractivity contribution in [2.24, 2.45) is 0 Å². The topological polar surface area (TPSA) is 58.5 Å². The summed E-state index contributed by atoms with van der Waals surface area (Å²) < 4.78 is 5.20. The predicted molar refractivity (Wildman–Crippen MR) is 88.0 cm³/mol. The summed E-state index contributed by atoms with van der Waals surface area (Å²) in [4.78, 5) is 10.9. The van der Waals surface area contributed by atoms with Crippen molar-refractivity contribution in [1.82, 2.24) is 14.9 Å². The molecule has 1 aliphatic rings. The Morgan fingerprint density at radius 3 is 2.61 bits per heavy atom. The van der Waals surface area contributed by atoms with E-state index < -0.39 is 5.60 Å². The van der Waals surface area contributed by atoms with Gasteiger partial charge >= 0.3 is 0 Å². The average molecular weight is 313 g/mol. The van der Waals surface area contributed by atoms with Crippen LogP contribution in [0.3, 0.4) is 0 Å². The van der Waals surface area contributed by atoms with E-state index in [2.05, 4.69) is 14.9 Å². The van der Waals surface area contributed by atoms with Crippen molar-refractivity contribution in [3.8, 4) is 5.75 Å². The van der Waals surface area contributed by atoms with Crippen molar-refractivity contribution in [3.05, 3.63) is 54.1 Å². The van der Waals surface area contributed by atoms with E-state index in [1.165, 1.54) is 0 Å². The van der Waals surface area contributed by atoms with Crippen LogP contribution in [0.5, 0.6) is 5.75 Å². The second-order valence-corrected chi connectivity index (χ2v) is 6.17. The molecule has 5 nitrogen and oxygen atoms in total. The van der Waals surface area contributed by atoms with Gasteiger partial charge in [0.1, 0.15) is 17.2 Å². The lowest BCUT2D eigenvalue weighted by atomic mass is 9.86. The maximum atomic E-state index is 11.2. The number of rotatable bonds is 5. The van der Waals surface area contributed by atoms with Gasteiger partial charge in [-0.05, 0) is 50.1 Å². The van der Waals surface area contributed by atoms with E-state index in [0.717, 1.165) is 36.5 Å². The number of likely N-dealkylation sites (tertiary alicyclic amines) is 1. The summed E-state index contributed by atoms with van der Waals surface area (Å²) in [5.41, 5.74) is -0.0124. The molecule has 0 unspecified atom stereocenters. The summed E-state index contributed by atoms with van der Waals surface area (Å²) in [5, 5.41) is 11.2. The third-order valence-electron chi connectivity index (χ3n) is 4.65. The fourth-order valence-corrected chi connectivity index (χ4v) is 3.37. The van der Waals surface area contributed by atoms with Crippen molar-refractivity contribution in [3.63, 3.8) is 0 Å². The standard InChI is InChI=1S/C18H23N3O2/c1-18(22,14-6-8-15(23-2)9-7-14)16-5-3-12-21(16)13-17-19-10-4-11-20-17/h4,6-11,16,22H,3,5,12-13H2,1-2H3/t16-,18-/m0/s1. The maximum absolute atomic E-state index is 11.2. The Morgan fingerprint density at radius 1 is 1.26 bits per heavy atom. The SMILES string of the molecule is COc1ccc([C@](C)(O)[C@@H]2CCCN2Cc2ncccn2)cc1. The highest BCUT2D eigenvalue weighted by Gasteiger charge is 2.40. The number of aliphatic hydroxyl groups is 1. The molecule has 2 heterocycles. The molecule has 5 heteroatoms. The largest absolute Gasteiger partial charge is 0.497 e. The average Bonchev–Trinajstić information content (AvgIpc) is 3.05. The maximum Gasteiger partial charge on any atom is 0.142 e. The fourth-order valence-electron chi connectivity index (χ4n) is 3.37. The molecule has 0 saturated carbocycles. The van der Waals surface area contributed by atoms with Gasteiger partial charge in [0.25, 0.3) is 0 Å². The van der Waals surface area contributed by atoms with E-state index in [0.29, 0.717) is 6.54 Å². The number of benzene rings is 1. The van der Waals surface area contributed by atoms with Gasteiger partial charge in [-0.1, -0.05) is 12.1 Å². The molecule has 3 rings (SSSR count). The molecule has 0 aliphatic carbocycles. The van der Waals surface area contributed by atoms with Gasteiger partial charge in [-0.3, -0.25) is 4.90 Å². The second kappa shape index (κ2) is 6.64. The van der Waals surface area contributed by atoms with Crippen LogP contribution >= 0.6 is 0 Å². The zero-order chi connectivity index (χ0) is 16.3. The smallest absolute Gasteiger partial charge is 0.142 e. The van der Waals surface area contributed by atoms with E-state index in [1.807, 2.05) is 37.3 Å². The molecular formula is C18H23N3O2. The Morgan fingerprint density at radius 2 is 1.96 bits per heavy atom. The summed E-state index contributed by atoms with van der Waals surface area (Å²) in [6.07, 6.45) is 5.56. The number of nitrogens with zero attached hydrogens (tertiary/aromatic N) is 3. The Kier molecular flexibility index (Phi) is 4.59. The normalized spacial score (nSPS) is 21.1. The molecule has 1 saturated heterocycles. The van der Waals surface area contributed by atoms with Gasteiger partial charge in [0.15, 0.2) is 0 Å². The minimum atomic E-state index is -0.919. The molecule has 1 aromatic carbocycles. The van der Waals surface area contributed by atoms with E-state index >= 15 is 0 Å². The van der Waals surface area contributed by atoms with Crippen molar-refractivity contribution in [1.29, 1.82) is 0 Å². The van der Waals surface area contributed by atoms with Gasteiger partial charge in [-0.15, -0.1) is 0 Å². The number of hydrogen-bond acceptors (Lipinski definition) is 5. The first kappa shape index (κ1) is 15.9. The van der Waals surface area contributed by atoms with Crippen molar-refractivity contribution < 1.29 is 9.84 Å². The molecule has 2 aromatic rings. The summed E-state index contributed by atoms with van der Waals surface area (Å²) in [6.45, 7) is 3.51. The molecule has 1 aliphatic heterocycles. The minimum Gasteiger partial charge on any atom is -0.497 e. The third kappa shape index (κ3) is 3.35. The van der Waals surface area contributed by atoms with Crippen LogP contribution in [0.2, 0.25) is 0 Å². The summed E-state index contributed by atoms with van der Waals surface area (Å²) >= 11 is 0. The van der Waals surface area contributed by atoms with Gasteiger partial charge < -0.3 is 9.84 Å². The second-order valence-electron chi connectivity index (χ2n) is 6.17. The van der Waals surface area contributed by atoms with Crippen LogP contribution in [0, 0.1) is 0 Å². The van der Waals surface area contributed by atoms with Crippen molar-refractivity contribution in [2.75, 3.05) is 13.7 Å². The van der Waals surface area contributed by atoms with Crippen LogP contribution in [-0.4, -0.2) is 39.7 Å². The molecule has 1 fully saturated rings. The molecule has 0 amide bonds. The first-order valence-corrected chi connectivity index (χ1v) is 7.98. The van der Waals surface area contributed by atoms with E-state index in [1.54, 1.807) is 19.5 Å². The molecule has 122 valence electrons. The zero-order valence-corrected chi connectivity index (χ0v) is 13.6. The molecule has 1 N–H and O–H groups in total. The Labute approximate surface area is 137 Å². The lowest BCUT2D eigenvalue weighted by Crippen LogP contribution is -2.45. The Hall–Kier alpha value is -1.98. The lowest BCUT2D eigenvalue weighted by Gasteiger charge is -2.36.